The lowest BCUT2D eigenvalue weighted by Crippen LogP contribution is -2.63. The van der Waals surface area contributed by atoms with E-state index >= 15 is 0 Å². The fourth-order valence-electron chi connectivity index (χ4n) is 4.58. The Balaban J connectivity index is 1.51. The average molecular weight is 335 g/mol. The van der Waals surface area contributed by atoms with Gasteiger partial charge in [0.1, 0.15) is 0 Å². The fraction of sp³-hybridized carbons (Fsp3) is 0.833. The Labute approximate surface area is 143 Å². The van der Waals surface area contributed by atoms with E-state index in [9.17, 15) is 4.79 Å². The van der Waals surface area contributed by atoms with Crippen molar-refractivity contribution in [2.75, 3.05) is 13.7 Å². The number of nitrogens with zero attached hydrogens (tertiary/aromatic N) is 3. The minimum atomic E-state index is 0.212. The number of carbonyl (C=O) groups excluding carboxylic acids is 1. The first-order valence-corrected chi connectivity index (χ1v) is 9.23. The van der Waals surface area contributed by atoms with E-state index in [1.54, 1.807) is 6.92 Å². The number of rotatable bonds is 7. The zero-order valence-corrected chi connectivity index (χ0v) is 15.1. The predicted molar refractivity (Wildman–Crippen MR) is 89.5 cm³/mol. The van der Waals surface area contributed by atoms with Crippen LogP contribution in [-0.2, 0) is 16.0 Å². The number of hydrogen-bond donors (Lipinski definition) is 0. The Morgan fingerprint density at radius 3 is 2.79 bits per heavy atom. The van der Waals surface area contributed by atoms with Crippen molar-refractivity contribution >= 4 is 5.91 Å². The van der Waals surface area contributed by atoms with Gasteiger partial charge >= 0.3 is 0 Å². The molecule has 134 valence electrons. The van der Waals surface area contributed by atoms with E-state index in [4.69, 9.17) is 9.26 Å². The summed E-state index contributed by atoms with van der Waals surface area (Å²) in [5.74, 6) is 1.49. The van der Waals surface area contributed by atoms with Gasteiger partial charge in [0.2, 0.25) is 11.8 Å². The largest absolute Gasteiger partial charge is 0.378 e. The third-order valence-electron chi connectivity index (χ3n) is 5.86. The molecule has 1 heterocycles. The molecule has 2 fully saturated rings. The van der Waals surface area contributed by atoms with E-state index in [0.29, 0.717) is 36.7 Å². The summed E-state index contributed by atoms with van der Waals surface area (Å²) >= 11 is 0. The highest BCUT2D eigenvalue weighted by Gasteiger charge is 2.58. The molecule has 0 aromatic carbocycles. The van der Waals surface area contributed by atoms with Gasteiger partial charge < -0.3 is 14.2 Å². The van der Waals surface area contributed by atoms with Crippen LogP contribution >= 0.6 is 0 Å². The molecule has 1 amide bonds. The van der Waals surface area contributed by atoms with Crippen LogP contribution in [0.2, 0.25) is 0 Å². The van der Waals surface area contributed by atoms with Crippen molar-refractivity contribution in [3.05, 3.63) is 11.7 Å². The Bertz CT molecular complexity index is 566. The highest BCUT2D eigenvalue weighted by atomic mass is 16.5. The summed E-state index contributed by atoms with van der Waals surface area (Å²) in [6.45, 7) is 4.63. The van der Waals surface area contributed by atoms with Crippen LogP contribution < -0.4 is 0 Å². The fourth-order valence-corrected chi connectivity index (χ4v) is 4.58. The van der Waals surface area contributed by atoms with Gasteiger partial charge in [0.25, 0.3) is 0 Å². The maximum absolute atomic E-state index is 12.6. The van der Waals surface area contributed by atoms with Gasteiger partial charge in [-0.05, 0) is 39.5 Å². The number of aromatic nitrogens is 2. The topological polar surface area (TPSA) is 68.5 Å². The Hall–Kier alpha value is -1.43. The molecule has 0 N–H and O–H groups in total. The molecule has 6 nitrogen and oxygen atoms in total. The molecule has 0 saturated heterocycles. The zero-order valence-electron chi connectivity index (χ0n) is 15.1. The smallest absolute Gasteiger partial charge is 0.226 e. The number of amides is 1. The van der Waals surface area contributed by atoms with Crippen molar-refractivity contribution in [2.45, 2.75) is 77.4 Å². The molecule has 0 radical (unpaired) electrons. The van der Waals surface area contributed by atoms with Gasteiger partial charge in [0, 0.05) is 38.0 Å². The van der Waals surface area contributed by atoms with E-state index in [0.717, 1.165) is 19.4 Å². The van der Waals surface area contributed by atoms with Crippen LogP contribution in [-0.4, -0.2) is 46.7 Å². The lowest BCUT2D eigenvalue weighted by atomic mass is 9.60. The van der Waals surface area contributed by atoms with E-state index in [1.165, 1.54) is 25.7 Å². The van der Waals surface area contributed by atoms with Crippen molar-refractivity contribution in [2.24, 2.45) is 5.41 Å². The first-order valence-electron chi connectivity index (χ1n) is 9.23. The second-order valence-corrected chi connectivity index (χ2v) is 7.23. The Morgan fingerprint density at radius 1 is 1.42 bits per heavy atom. The molecule has 2 aliphatic carbocycles. The summed E-state index contributed by atoms with van der Waals surface area (Å²) in [6.07, 6.45) is 8.19. The van der Waals surface area contributed by atoms with Crippen molar-refractivity contribution in [3.63, 3.8) is 0 Å². The number of hydrogen-bond acceptors (Lipinski definition) is 5. The Morgan fingerprint density at radius 2 is 2.17 bits per heavy atom. The molecule has 1 aromatic rings. The van der Waals surface area contributed by atoms with Crippen molar-refractivity contribution in [3.8, 4) is 0 Å². The molecule has 0 bridgehead atoms. The predicted octanol–water partition coefficient (Wildman–Crippen LogP) is 2.90. The summed E-state index contributed by atoms with van der Waals surface area (Å²) in [7, 11) is 1.96. The zero-order chi connectivity index (χ0) is 17.2. The van der Waals surface area contributed by atoms with E-state index in [2.05, 4.69) is 17.1 Å². The number of aryl methyl sites for hydroxylation is 2. The van der Waals surface area contributed by atoms with Gasteiger partial charge in [-0.15, -0.1) is 0 Å². The average Bonchev–Trinajstić information content (AvgIpc) is 3.21. The van der Waals surface area contributed by atoms with Crippen LogP contribution in [0.4, 0.5) is 0 Å². The monoisotopic (exact) mass is 335 g/mol. The molecule has 3 rings (SSSR count). The SMILES string of the molecule is CCO[C@@H]1C[C@@H](N(C)C(=O)CCCc2nc(C)no2)C12CCCC2. The van der Waals surface area contributed by atoms with Gasteiger partial charge in [-0.3, -0.25) is 4.79 Å². The molecule has 0 unspecified atom stereocenters. The highest BCUT2D eigenvalue weighted by Crippen LogP contribution is 2.56. The first-order chi connectivity index (χ1) is 11.6. The summed E-state index contributed by atoms with van der Waals surface area (Å²) in [5, 5.41) is 3.78. The molecule has 1 spiro atoms. The normalized spacial score (nSPS) is 25.0. The van der Waals surface area contributed by atoms with Gasteiger partial charge in [0.05, 0.1) is 6.10 Å². The molecule has 6 heteroatoms. The molecule has 1 aromatic heterocycles. The van der Waals surface area contributed by atoms with E-state index in [-0.39, 0.29) is 11.3 Å². The minimum Gasteiger partial charge on any atom is -0.378 e. The molecular formula is C18H29N3O3. The van der Waals surface area contributed by atoms with Gasteiger partial charge in [-0.25, -0.2) is 0 Å². The van der Waals surface area contributed by atoms with E-state index < -0.39 is 0 Å². The number of carbonyl (C=O) groups is 1. The number of ether oxygens (including phenoxy) is 1. The van der Waals surface area contributed by atoms with Gasteiger partial charge in [-0.2, -0.15) is 4.98 Å². The minimum absolute atomic E-state index is 0.212. The standard InChI is InChI=1S/C18H29N3O3/c1-4-23-15-12-14(18(15)10-5-6-11-18)21(3)17(22)9-7-8-16-19-13(2)20-24-16/h14-15H,4-12H2,1-3H3/t14-,15-/m1/s1. The van der Waals surface area contributed by atoms with Crippen LogP contribution in [0.15, 0.2) is 4.52 Å². The molecular weight excluding hydrogens is 306 g/mol. The molecule has 2 atom stereocenters. The van der Waals surface area contributed by atoms with Crippen LogP contribution in [0.25, 0.3) is 0 Å². The van der Waals surface area contributed by atoms with E-state index in [1.807, 2.05) is 11.9 Å². The summed E-state index contributed by atoms with van der Waals surface area (Å²) < 4.78 is 11.1. The third-order valence-corrected chi connectivity index (χ3v) is 5.86. The summed E-state index contributed by atoms with van der Waals surface area (Å²) in [5.41, 5.74) is 0.212. The summed E-state index contributed by atoms with van der Waals surface area (Å²) in [4.78, 5) is 18.8. The van der Waals surface area contributed by atoms with Crippen LogP contribution in [0, 0.1) is 12.3 Å². The van der Waals surface area contributed by atoms with Gasteiger partial charge in [-0.1, -0.05) is 18.0 Å². The summed E-state index contributed by atoms with van der Waals surface area (Å²) in [6, 6.07) is 0.342. The van der Waals surface area contributed by atoms with Crippen LogP contribution in [0.5, 0.6) is 0 Å². The molecule has 0 aliphatic heterocycles. The van der Waals surface area contributed by atoms with Crippen molar-refractivity contribution < 1.29 is 14.1 Å². The van der Waals surface area contributed by atoms with Crippen molar-refractivity contribution in [1.82, 2.24) is 15.0 Å². The second kappa shape index (κ2) is 7.21. The molecule has 2 saturated carbocycles. The second-order valence-electron chi connectivity index (χ2n) is 7.23. The lowest BCUT2D eigenvalue weighted by Gasteiger charge is -2.57. The highest BCUT2D eigenvalue weighted by molar-refractivity contribution is 5.76. The maximum atomic E-state index is 12.6. The molecule has 2 aliphatic rings. The quantitative estimate of drug-likeness (QED) is 0.766. The first kappa shape index (κ1) is 17.4. The maximum Gasteiger partial charge on any atom is 0.226 e. The Kier molecular flexibility index (Phi) is 5.23. The van der Waals surface area contributed by atoms with Crippen LogP contribution in [0.3, 0.4) is 0 Å². The van der Waals surface area contributed by atoms with Crippen molar-refractivity contribution in [1.29, 1.82) is 0 Å². The van der Waals surface area contributed by atoms with Gasteiger partial charge in [0.15, 0.2) is 5.82 Å². The lowest BCUT2D eigenvalue weighted by molar-refractivity contribution is -0.172. The third kappa shape index (κ3) is 3.21. The molecule has 24 heavy (non-hydrogen) atoms. The van der Waals surface area contributed by atoms with Crippen LogP contribution in [0.1, 0.15) is 63.6 Å².